The number of halogens is 1. The van der Waals surface area contributed by atoms with Crippen molar-refractivity contribution < 1.29 is 42.9 Å². The molecule has 0 bridgehead atoms. The molecular weight excluding hydrogens is 392 g/mol. The number of hydrogen-bond acceptors (Lipinski definition) is 9. The van der Waals surface area contributed by atoms with E-state index in [1.807, 2.05) is 0 Å². The van der Waals surface area contributed by atoms with Crippen LogP contribution < -0.4 is 0 Å². The number of esters is 4. The molecule has 0 saturated carbocycles. The van der Waals surface area contributed by atoms with E-state index in [1.165, 1.54) is 13.8 Å². The summed E-state index contributed by atoms with van der Waals surface area (Å²) in [7, 11) is 0. The normalized spacial score (nSPS) is 29.3. The molecule has 5 atom stereocenters. The van der Waals surface area contributed by atoms with Crippen molar-refractivity contribution in [2.45, 2.75) is 57.1 Å². The molecule has 1 aliphatic heterocycles. The van der Waals surface area contributed by atoms with Gasteiger partial charge in [0.2, 0.25) is 0 Å². The quantitative estimate of drug-likeness (QED) is 0.362. The summed E-state index contributed by atoms with van der Waals surface area (Å²) < 4.78 is 25.9. The molecule has 0 amide bonds. The molecule has 1 rings (SSSR count). The van der Waals surface area contributed by atoms with Crippen molar-refractivity contribution in [3.05, 3.63) is 0 Å². The largest absolute Gasteiger partial charge is 0.463 e. The zero-order chi connectivity index (χ0) is 18.4. The van der Waals surface area contributed by atoms with Crippen LogP contribution in [0, 0.1) is 0 Å². The Kier molecular flexibility index (Phi) is 7.61. The van der Waals surface area contributed by atoms with Gasteiger partial charge < -0.3 is 23.7 Å². The van der Waals surface area contributed by atoms with Crippen molar-refractivity contribution >= 4 is 39.8 Å². The fourth-order valence-electron chi connectivity index (χ4n) is 2.18. The summed E-state index contributed by atoms with van der Waals surface area (Å²) in [5.74, 6) is -2.52. The summed E-state index contributed by atoms with van der Waals surface area (Å²) >= 11 is 3.18. The Bertz CT molecular complexity index is 506. The van der Waals surface area contributed by atoms with Crippen LogP contribution in [0.2, 0.25) is 0 Å². The SMILES string of the molecule is CC(=O)OCC1O[C@@H](Br)C(OC(C)=O)C(OC(C)=O)[C@H]1OC(C)=O. The molecule has 1 heterocycles. The van der Waals surface area contributed by atoms with E-state index in [9.17, 15) is 19.2 Å². The third-order valence-electron chi connectivity index (χ3n) is 2.93. The van der Waals surface area contributed by atoms with Crippen LogP contribution in [0.1, 0.15) is 27.7 Å². The maximum Gasteiger partial charge on any atom is 0.303 e. The molecule has 0 aromatic carbocycles. The van der Waals surface area contributed by atoms with Crippen LogP contribution in [0.5, 0.6) is 0 Å². The van der Waals surface area contributed by atoms with E-state index in [4.69, 9.17) is 23.7 Å². The molecule has 10 heteroatoms. The monoisotopic (exact) mass is 410 g/mol. The van der Waals surface area contributed by atoms with Crippen LogP contribution >= 0.6 is 15.9 Å². The average molecular weight is 411 g/mol. The van der Waals surface area contributed by atoms with Gasteiger partial charge in [0.25, 0.3) is 0 Å². The summed E-state index contributed by atoms with van der Waals surface area (Å²) in [5, 5.41) is -0.863. The van der Waals surface area contributed by atoms with Crippen LogP contribution in [-0.4, -0.2) is 59.9 Å². The lowest BCUT2D eigenvalue weighted by atomic mass is 9.99. The molecule has 1 saturated heterocycles. The lowest BCUT2D eigenvalue weighted by Crippen LogP contribution is -2.60. The van der Waals surface area contributed by atoms with Gasteiger partial charge in [-0.2, -0.15) is 0 Å². The summed E-state index contributed by atoms with van der Waals surface area (Å²) in [6.45, 7) is 4.47. The van der Waals surface area contributed by atoms with Gasteiger partial charge in [0.1, 0.15) is 12.7 Å². The molecule has 0 aliphatic carbocycles. The average Bonchev–Trinajstić information content (AvgIpc) is 2.42. The summed E-state index contributed by atoms with van der Waals surface area (Å²) in [5.41, 5.74) is 0. The Hall–Kier alpha value is -1.68. The highest BCUT2D eigenvalue weighted by molar-refractivity contribution is 9.09. The van der Waals surface area contributed by atoms with Crippen molar-refractivity contribution in [2.24, 2.45) is 0 Å². The van der Waals surface area contributed by atoms with Crippen molar-refractivity contribution in [1.82, 2.24) is 0 Å². The number of alkyl halides is 1. The first kappa shape index (κ1) is 20.4. The predicted octanol–water partition coefficient (Wildman–Crippen LogP) is 0.464. The number of carbonyl (C=O) groups excluding carboxylic acids is 4. The molecule has 1 fully saturated rings. The number of rotatable bonds is 5. The fraction of sp³-hybridized carbons (Fsp3) is 0.714. The minimum absolute atomic E-state index is 0.236. The minimum Gasteiger partial charge on any atom is -0.463 e. The molecule has 0 N–H and O–H groups in total. The first-order valence-electron chi connectivity index (χ1n) is 7.06. The lowest BCUT2D eigenvalue weighted by Gasteiger charge is -2.42. The highest BCUT2D eigenvalue weighted by Gasteiger charge is 2.51. The molecule has 3 unspecified atom stereocenters. The van der Waals surface area contributed by atoms with Crippen LogP contribution in [-0.2, 0) is 42.9 Å². The smallest absolute Gasteiger partial charge is 0.303 e. The standard InChI is InChI=1S/C14H19BrO9/c1-6(16)20-5-10-11(21-7(2)17)12(22-8(3)18)13(14(15)24-10)23-9(4)19/h10-14H,5H2,1-4H3/t10?,11-,12?,13?,14+/m0/s1. The Labute approximate surface area is 147 Å². The second-order valence-electron chi connectivity index (χ2n) is 5.05. The van der Waals surface area contributed by atoms with Crippen LogP contribution in [0.4, 0.5) is 0 Å². The summed E-state index contributed by atoms with van der Waals surface area (Å²) in [4.78, 5) is 45.1. The summed E-state index contributed by atoms with van der Waals surface area (Å²) in [6.07, 6.45) is -4.22. The van der Waals surface area contributed by atoms with Crippen molar-refractivity contribution in [3.8, 4) is 0 Å². The molecule has 0 aromatic rings. The maximum absolute atomic E-state index is 11.4. The zero-order valence-corrected chi connectivity index (χ0v) is 15.2. The maximum atomic E-state index is 11.4. The van der Waals surface area contributed by atoms with Crippen molar-refractivity contribution in [2.75, 3.05) is 6.61 Å². The summed E-state index contributed by atoms with van der Waals surface area (Å²) in [6, 6.07) is 0. The third kappa shape index (κ3) is 6.08. The number of hydrogen-bond donors (Lipinski definition) is 0. The first-order chi connectivity index (χ1) is 11.1. The Morgan fingerprint density at radius 2 is 1.25 bits per heavy atom. The molecule has 1 aliphatic rings. The molecule has 136 valence electrons. The molecule has 0 aromatic heterocycles. The van der Waals surface area contributed by atoms with Crippen molar-refractivity contribution in [3.63, 3.8) is 0 Å². The van der Waals surface area contributed by atoms with E-state index in [2.05, 4.69) is 15.9 Å². The Morgan fingerprint density at radius 1 is 0.792 bits per heavy atom. The minimum atomic E-state index is -1.13. The van der Waals surface area contributed by atoms with E-state index >= 15 is 0 Å². The van der Waals surface area contributed by atoms with Crippen LogP contribution in [0.25, 0.3) is 0 Å². The van der Waals surface area contributed by atoms with Gasteiger partial charge in [-0.3, -0.25) is 19.2 Å². The highest BCUT2D eigenvalue weighted by Crippen LogP contribution is 2.31. The van der Waals surface area contributed by atoms with E-state index in [-0.39, 0.29) is 6.61 Å². The molecule has 24 heavy (non-hydrogen) atoms. The zero-order valence-electron chi connectivity index (χ0n) is 13.6. The number of carbonyl (C=O) groups is 4. The predicted molar refractivity (Wildman–Crippen MR) is 80.9 cm³/mol. The second-order valence-corrected chi connectivity index (χ2v) is 5.95. The topological polar surface area (TPSA) is 114 Å². The second kappa shape index (κ2) is 8.97. The van der Waals surface area contributed by atoms with Gasteiger partial charge in [0.05, 0.1) is 0 Å². The lowest BCUT2D eigenvalue weighted by molar-refractivity contribution is -0.236. The van der Waals surface area contributed by atoms with Crippen LogP contribution in [0.3, 0.4) is 0 Å². The van der Waals surface area contributed by atoms with Gasteiger partial charge >= 0.3 is 23.9 Å². The van der Waals surface area contributed by atoms with Gasteiger partial charge in [0, 0.05) is 27.7 Å². The Balaban J connectivity index is 3.11. The van der Waals surface area contributed by atoms with E-state index in [0.717, 1.165) is 13.8 Å². The van der Waals surface area contributed by atoms with Gasteiger partial charge in [-0.15, -0.1) is 0 Å². The molecule has 0 radical (unpaired) electrons. The van der Waals surface area contributed by atoms with Gasteiger partial charge in [-0.1, -0.05) is 15.9 Å². The van der Waals surface area contributed by atoms with E-state index < -0.39 is 53.3 Å². The van der Waals surface area contributed by atoms with Crippen LogP contribution in [0.15, 0.2) is 0 Å². The molecular formula is C14H19BrO9. The van der Waals surface area contributed by atoms with Gasteiger partial charge in [-0.05, 0) is 0 Å². The van der Waals surface area contributed by atoms with E-state index in [1.54, 1.807) is 0 Å². The van der Waals surface area contributed by atoms with Crippen molar-refractivity contribution in [1.29, 1.82) is 0 Å². The third-order valence-corrected chi connectivity index (χ3v) is 3.67. The van der Waals surface area contributed by atoms with E-state index in [0.29, 0.717) is 0 Å². The van der Waals surface area contributed by atoms with Gasteiger partial charge in [0.15, 0.2) is 23.3 Å². The Morgan fingerprint density at radius 3 is 1.71 bits per heavy atom. The molecule has 0 spiro atoms. The molecule has 9 nitrogen and oxygen atoms in total. The highest BCUT2D eigenvalue weighted by atomic mass is 79.9. The first-order valence-corrected chi connectivity index (χ1v) is 7.98. The fourth-order valence-corrected chi connectivity index (χ4v) is 2.86. The van der Waals surface area contributed by atoms with Gasteiger partial charge in [-0.25, -0.2) is 0 Å². The number of ether oxygens (including phenoxy) is 5.